The number of benzene rings is 1. The van der Waals surface area contributed by atoms with Crippen LogP contribution in [0.2, 0.25) is 0 Å². The molecule has 4 heteroatoms. The molecule has 0 aliphatic heterocycles. The normalized spacial score (nSPS) is 12.7. The first-order valence-electron chi connectivity index (χ1n) is 5.04. The maximum atomic E-state index is 5.95. The molecule has 0 saturated heterocycles. The Balaban J connectivity index is 2.41. The molecule has 1 aromatic heterocycles. The highest BCUT2D eigenvalue weighted by Crippen LogP contribution is 2.15. The molecule has 2 rings (SSSR count). The topological polar surface area (TPSA) is 56.7 Å². The summed E-state index contributed by atoms with van der Waals surface area (Å²) in [7, 11) is 0. The molecule has 0 amide bonds. The van der Waals surface area contributed by atoms with Gasteiger partial charge in [-0.2, -0.15) is 0 Å². The molecule has 4 nitrogen and oxygen atoms in total. The summed E-state index contributed by atoms with van der Waals surface area (Å²) in [6, 6.07) is 9.90. The van der Waals surface area contributed by atoms with Gasteiger partial charge in [-0.1, -0.05) is 25.1 Å². The zero-order valence-corrected chi connectivity index (χ0v) is 8.67. The Morgan fingerprint density at radius 2 is 2.07 bits per heavy atom. The number of nitrogens with two attached hydrogens (primary N) is 1. The van der Waals surface area contributed by atoms with Crippen LogP contribution in [0.1, 0.15) is 25.2 Å². The van der Waals surface area contributed by atoms with Gasteiger partial charge in [-0.05, 0) is 18.6 Å². The van der Waals surface area contributed by atoms with Crippen molar-refractivity contribution in [3.63, 3.8) is 0 Å². The van der Waals surface area contributed by atoms with Crippen LogP contribution in [0.3, 0.4) is 0 Å². The largest absolute Gasteiger partial charge is 0.321 e. The highest BCUT2D eigenvalue weighted by Gasteiger charge is 2.12. The Morgan fingerprint density at radius 1 is 1.33 bits per heavy atom. The molecule has 2 aromatic rings. The molecule has 1 heterocycles. The molecule has 0 aliphatic carbocycles. The molecule has 0 fully saturated rings. The van der Waals surface area contributed by atoms with Gasteiger partial charge in [-0.25, -0.2) is 0 Å². The van der Waals surface area contributed by atoms with E-state index < -0.39 is 0 Å². The smallest absolute Gasteiger partial charge is 0.154 e. The van der Waals surface area contributed by atoms with Crippen molar-refractivity contribution in [2.24, 2.45) is 5.73 Å². The molecule has 0 aliphatic rings. The van der Waals surface area contributed by atoms with Crippen molar-refractivity contribution >= 4 is 0 Å². The molecule has 15 heavy (non-hydrogen) atoms. The fraction of sp³-hybridized carbons (Fsp3) is 0.273. The second-order valence-electron chi connectivity index (χ2n) is 3.41. The van der Waals surface area contributed by atoms with E-state index in [-0.39, 0.29) is 6.04 Å². The molecule has 1 aromatic carbocycles. The molecule has 0 radical (unpaired) electrons. The van der Waals surface area contributed by atoms with E-state index in [0.29, 0.717) is 0 Å². The van der Waals surface area contributed by atoms with Gasteiger partial charge in [0.25, 0.3) is 0 Å². The number of para-hydroxylation sites is 1. The Bertz CT molecular complexity index is 421. The summed E-state index contributed by atoms with van der Waals surface area (Å²) in [5.74, 6) is 0.809. The quantitative estimate of drug-likeness (QED) is 0.823. The Morgan fingerprint density at radius 3 is 2.73 bits per heavy atom. The van der Waals surface area contributed by atoms with Gasteiger partial charge in [0.15, 0.2) is 5.82 Å². The number of hydrogen-bond donors (Lipinski definition) is 1. The minimum Gasteiger partial charge on any atom is -0.321 e. The van der Waals surface area contributed by atoms with Gasteiger partial charge < -0.3 is 5.73 Å². The number of rotatable bonds is 3. The summed E-state index contributed by atoms with van der Waals surface area (Å²) in [6.45, 7) is 2.04. The van der Waals surface area contributed by atoms with Crippen LogP contribution in [0.15, 0.2) is 36.7 Å². The van der Waals surface area contributed by atoms with E-state index in [0.717, 1.165) is 17.9 Å². The Kier molecular flexibility index (Phi) is 2.78. The van der Waals surface area contributed by atoms with E-state index in [2.05, 4.69) is 10.2 Å². The minimum atomic E-state index is -0.0623. The third kappa shape index (κ3) is 1.89. The van der Waals surface area contributed by atoms with Gasteiger partial charge in [0.05, 0.1) is 6.04 Å². The molecular weight excluding hydrogens is 188 g/mol. The molecule has 0 spiro atoms. The number of aromatic nitrogens is 3. The van der Waals surface area contributed by atoms with Crippen molar-refractivity contribution in [2.75, 3.05) is 0 Å². The third-order valence-corrected chi connectivity index (χ3v) is 2.38. The van der Waals surface area contributed by atoms with Crippen LogP contribution < -0.4 is 5.73 Å². The Hall–Kier alpha value is -1.68. The molecule has 0 unspecified atom stereocenters. The monoisotopic (exact) mass is 202 g/mol. The number of nitrogens with zero attached hydrogens (tertiary/aromatic N) is 3. The first-order valence-corrected chi connectivity index (χ1v) is 5.04. The van der Waals surface area contributed by atoms with Crippen molar-refractivity contribution in [3.8, 4) is 5.69 Å². The van der Waals surface area contributed by atoms with Gasteiger partial charge in [-0.3, -0.25) is 4.57 Å². The Labute approximate surface area is 88.8 Å². The summed E-state index contributed by atoms with van der Waals surface area (Å²) < 4.78 is 1.92. The van der Waals surface area contributed by atoms with Crippen LogP contribution in [0, 0.1) is 0 Å². The van der Waals surface area contributed by atoms with E-state index in [4.69, 9.17) is 5.73 Å². The fourth-order valence-corrected chi connectivity index (χ4v) is 1.47. The van der Waals surface area contributed by atoms with E-state index >= 15 is 0 Å². The first-order chi connectivity index (χ1) is 7.33. The van der Waals surface area contributed by atoms with Gasteiger partial charge in [0.2, 0.25) is 0 Å². The van der Waals surface area contributed by atoms with Crippen LogP contribution in [-0.2, 0) is 0 Å². The van der Waals surface area contributed by atoms with Crippen molar-refractivity contribution in [3.05, 3.63) is 42.5 Å². The second-order valence-corrected chi connectivity index (χ2v) is 3.41. The van der Waals surface area contributed by atoms with E-state index in [1.54, 1.807) is 6.33 Å². The lowest BCUT2D eigenvalue weighted by atomic mass is 10.2. The van der Waals surface area contributed by atoms with Crippen molar-refractivity contribution < 1.29 is 0 Å². The van der Waals surface area contributed by atoms with E-state index in [9.17, 15) is 0 Å². The van der Waals surface area contributed by atoms with Crippen LogP contribution in [0.5, 0.6) is 0 Å². The zero-order chi connectivity index (χ0) is 10.7. The highest BCUT2D eigenvalue weighted by molar-refractivity contribution is 5.32. The van der Waals surface area contributed by atoms with Crippen molar-refractivity contribution in [2.45, 2.75) is 19.4 Å². The SMILES string of the molecule is CC[C@H](N)c1nncn1-c1ccccc1. The van der Waals surface area contributed by atoms with E-state index in [1.165, 1.54) is 0 Å². The van der Waals surface area contributed by atoms with Crippen LogP contribution >= 0.6 is 0 Å². The first kappa shape index (κ1) is 9.86. The third-order valence-electron chi connectivity index (χ3n) is 2.38. The molecular formula is C11H14N4. The predicted octanol–water partition coefficient (Wildman–Crippen LogP) is 1.68. The average molecular weight is 202 g/mol. The lowest BCUT2D eigenvalue weighted by molar-refractivity contribution is 0.633. The van der Waals surface area contributed by atoms with Crippen molar-refractivity contribution in [1.29, 1.82) is 0 Å². The van der Waals surface area contributed by atoms with Gasteiger partial charge >= 0.3 is 0 Å². The maximum absolute atomic E-state index is 5.95. The standard InChI is InChI=1S/C11H14N4/c1-2-10(12)11-14-13-8-15(11)9-6-4-3-5-7-9/h3-8,10H,2,12H2,1H3/t10-/m0/s1. The highest BCUT2D eigenvalue weighted by atomic mass is 15.3. The second kappa shape index (κ2) is 4.23. The zero-order valence-electron chi connectivity index (χ0n) is 8.67. The molecule has 1 atom stereocenters. The predicted molar refractivity (Wildman–Crippen MR) is 58.6 cm³/mol. The van der Waals surface area contributed by atoms with E-state index in [1.807, 2.05) is 41.8 Å². The molecule has 0 bridgehead atoms. The number of hydrogen-bond acceptors (Lipinski definition) is 3. The van der Waals surface area contributed by atoms with Gasteiger partial charge in [-0.15, -0.1) is 10.2 Å². The van der Waals surface area contributed by atoms with Crippen LogP contribution in [0.4, 0.5) is 0 Å². The van der Waals surface area contributed by atoms with Gasteiger partial charge in [0.1, 0.15) is 6.33 Å². The van der Waals surface area contributed by atoms with Crippen molar-refractivity contribution in [1.82, 2.24) is 14.8 Å². The minimum absolute atomic E-state index is 0.0623. The summed E-state index contributed by atoms with van der Waals surface area (Å²) in [5, 5.41) is 7.95. The maximum Gasteiger partial charge on any atom is 0.154 e. The fourth-order valence-electron chi connectivity index (χ4n) is 1.47. The lowest BCUT2D eigenvalue weighted by Gasteiger charge is -2.10. The summed E-state index contributed by atoms with van der Waals surface area (Å²) in [6.07, 6.45) is 2.55. The van der Waals surface area contributed by atoms with Gasteiger partial charge in [0, 0.05) is 5.69 Å². The summed E-state index contributed by atoms with van der Waals surface area (Å²) >= 11 is 0. The van der Waals surface area contributed by atoms with Crippen LogP contribution in [-0.4, -0.2) is 14.8 Å². The summed E-state index contributed by atoms with van der Waals surface area (Å²) in [4.78, 5) is 0. The molecule has 0 saturated carbocycles. The average Bonchev–Trinajstić information content (AvgIpc) is 2.78. The molecule has 2 N–H and O–H groups in total. The molecule has 78 valence electrons. The lowest BCUT2D eigenvalue weighted by Crippen LogP contribution is -2.14. The van der Waals surface area contributed by atoms with Crippen LogP contribution in [0.25, 0.3) is 5.69 Å². The summed E-state index contributed by atoms with van der Waals surface area (Å²) in [5.41, 5.74) is 7.00.